The Balaban J connectivity index is 1.77. The molecule has 0 saturated carbocycles. The Morgan fingerprint density at radius 1 is 1.32 bits per heavy atom. The van der Waals surface area contributed by atoms with E-state index in [2.05, 4.69) is 10.3 Å². The molecule has 1 aromatic carbocycles. The van der Waals surface area contributed by atoms with E-state index in [0.717, 1.165) is 41.7 Å². The molecule has 0 bridgehead atoms. The van der Waals surface area contributed by atoms with Gasteiger partial charge in [-0.3, -0.25) is 9.78 Å². The van der Waals surface area contributed by atoms with E-state index < -0.39 is 0 Å². The Morgan fingerprint density at radius 3 is 2.91 bits per heavy atom. The molecule has 4 heteroatoms. The molecule has 0 spiro atoms. The summed E-state index contributed by atoms with van der Waals surface area (Å²) in [5.74, 6) is 1.64. The van der Waals surface area contributed by atoms with Crippen molar-refractivity contribution in [1.29, 1.82) is 0 Å². The molecule has 0 amide bonds. The second-order valence-corrected chi connectivity index (χ2v) is 5.90. The van der Waals surface area contributed by atoms with Crippen LogP contribution in [-0.2, 0) is 0 Å². The number of nitrogens with zero attached hydrogens (tertiary/aromatic N) is 1. The summed E-state index contributed by atoms with van der Waals surface area (Å²) in [7, 11) is 1.64. The van der Waals surface area contributed by atoms with E-state index in [9.17, 15) is 4.79 Å². The SMILES string of the molecule is COc1ccc2nccc(C(=O)CCC3CCNCC3)c2c1. The first-order valence-electron chi connectivity index (χ1n) is 7.94. The van der Waals surface area contributed by atoms with Gasteiger partial charge in [-0.2, -0.15) is 0 Å². The standard InChI is InChI=1S/C18H22N2O2/c1-22-14-3-4-17-16(12-14)15(8-11-20-17)18(21)5-2-13-6-9-19-10-7-13/h3-4,8,11-13,19H,2,5-7,9-10H2,1H3. The molecule has 2 aromatic rings. The second-order valence-electron chi connectivity index (χ2n) is 5.90. The molecule has 0 unspecified atom stereocenters. The average Bonchev–Trinajstić information content (AvgIpc) is 2.59. The van der Waals surface area contributed by atoms with Crippen molar-refractivity contribution in [3.8, 4) is 5.75 Å². The molecule has 1 N–H and O–H groups in total. The fraction of sp³-hybridized carbons (Fsp3) is 0.444. The van der Waals surface area contributed by atoms with Gasteiger partial charge in [-0.15, -0.1) is 0 Å². The molecule has 0 aliphatic carbocycles. The van der Waals surface area contributed by atoms with E-state index in [1.54, 1.807) is 13.3 Å². The lowest BCUT2D eigenvalue weighted by atomic mass is 9.91. The van der Waals surface area contributed by atoms with Crippen LogP contribution in [0.1, 0.15) is 36.0 Å². The molecule has 1 fully saturated rings. The summed E-state index contributed by atoms with van der Waals surface area (Å²) in [5.41, 5.74) is 1.60. The van der Waals surface area contributed by atoms with E-state index in [4.69, 9.17) is 4.74 Å². The first kappa shape index (κ1) is 15.0. The number of rotatable bonds is 5. The second kappa shape index (κ2) is 6.88. The summed E-state index contributed by atoms with van der Waals surface area (Å²) in [6, 6.07) is 7.50. The largest absolute Gasteiger partial charge is 0.497 e. The number of methoxy groups -OCH3 is 1. The predicted molar refractivity (Wildman–Crippen MR) is 87.5 cm³/mol. The fourth-order valence-electron chi connectivity index (χ4n) is 3.14. The smallest absolute Gasteiger partial charge is 0.163 e. The Morgan fingerprint density at radius 2 is 2.14 bits per heavy atom. The molecule has 1 aromatic heterocycles. The van der Waals surface area contributed by atoms with Crippen molar-refractivity contribution in [3.63, 3.8) is 0 Å². The molecular weight excluding hydrogens is 276 g/mol. The molecular formula is C18H22N2O2. The molecule has 2 heterocycles. The molecule has 0 radical (unpaired) electrons. The van der Waals surface area contributed by atoms with Crippen molar-refractivity contribution >= 4 is 16.7 Å². The van der Waals surface area contributed by atoms with E-state index in [1.165, 1.54) is 12.8 Å². The number of Topliss-reactive ketones (excluding diaryl/α,β-unsaturated/α-hetero) is 1. The van der Waals surface area contributed by atoms with Crippen LogP contribution in [0.4, 0.5) is 0 Å². The van der Waals surface area contributed by atoms with Gasteiger partial charge in [0.15, 0.2) is 5.78 Å². The number of ketones is 1. The van der Waals surface area contributed by atoms with Crippen LogP contribution in [0.15, 0.2) is 30.5 Å². The van der Waals surface area contributed by atoms with E-state index in [0.29, 0.717) is 12.3 Å². The predicted octanol–water partition coefficient (Wildman–Crippen LogP) is 3.21. The summed E-state index contributed by atoms with van der Waals surface area (Å²) in [5, 5.41) is 4.25. The maximum atomic E-state index is 12.6. The van der Waals surface area contributed by atoms with Crippen LogP contribution in [-0.4, -0.2) is 31.0 Å². The van der Waals surface area contributed by atoms with Gasteiger partial charge in [-0.05, 0) is 62.5 Å². The lowest BCUT2D eigenvalue weighted by molar-refractivity contribution is 0.0972. The minimum absolute atomic E-state index is 0.208. The zero-order valence-corrected chi connectivity index (χ0v) is 13.0. The van der Waals surface area contributed by atoms with Crippen LogP contribution in [0.25, 0.3) is 10.9 Å². The summed E-state index contributed by atoms with van der Waals surface area (Å²) >= 11 is 0. The number of hydrogen-bond donors (Lipinski definition) is 1. The Kier molecular flexibility index (Phi) is 4.68. The Labute approximate surface area is 130 Å². The van der Waals surface area contributed by atoms with Gasteiger partial charge in [-0.1, -0.05) is 0 Å². The van der Waals surface area contributed by atoms with Gasteiger partial charge in [0.05, 0.1) is 12.6 Å². The van der Waals surface area contributed by atoms with Crippen molar-refractivity contribution in [2.45, 2.75) is 25.7 Å². The molecule has 4 nitrogen and oxygen atoms in total. The normalized spacial score (nSPS) is 15.9. The van der Waals surface area contributed by atoms with Gasteiger partial charge in [0.1, 0.15) is 5.75 Å². The first-order valence-corrected chi connectivity index (χ1v) is 7.94. The fourth-order valence-corrected chi connectivity index (χ4v) is 3.14. The van der Waals surface area contributed by atoms with Gasteiger partial charge >= 0.3 is 0 Å². The number of carbonyl (C=O) groups excluding carboxylic acids is 1. The lowest BCUT2D eigenvalue weighted by Crippen LogP contribution is -2.28. The summed E-state index contributed by atoms with van der Waals surface area (Å²) < 4.78 is 5.27. The highest BCUT2D eigenvalue weighted by atomic mass is 16.5. The van der Waals surface area contributed by atoms with Gasteiger partial charge in [0.2, 0.25) is 0 Å². The summed E-state index contributed by atoms with van der Waals surface area (Å²) in [6.45, 7) is 2.16. The summed E-state index contributed by atoms with van der Waals surface area (Å²) in [6.07, 6.45) is 5.66. The zero-order valence-electron chi connectivity index (χ0n) is 13.0. The maximum absolute atomic E-state index is 12.6. The minimum Gasteiger partial charge on any atom is -0.497 e. The highest BCUT2D eigenvalue weighted by molar-refractivity contribution is 6.07. The quantitative estimate of drug-likeness (QED) is 0.861. The van der Waals surface area contributed by atoms with E-state index >= 15 is 0 Å². The van der Waals surface area contributed by atoms with Crippen molar-refractivity contribution < 1.29 is 9.53 Å². The van der Waals surface area contributed by atoms with Crippen LogP contribution in [0.2, 0.25) is 0 Å². The molecule has 3 rings (SSSR count). The van der Waals surface area contributed by atoms with Gasteiger partial charge < -0.3 is 10.1 Å². The third kappa shape index (κ3) is 3.28. The zero-order chi connectivity index (χ0) is 15.4. The minimum atomic E-state index is 0.208. The third-order valence-corrected chi connectivity index (χ3v) is 4.49. The number of aromatic nitrogens is 1. The van der Waals surface area contributed by atoms with Crippen LogP contribution in [0, 0.1) is 5.92 Å². The molecule has 0 atom stereocenters. The van der Waals surface area contributed by atoms with Gasteiger partial charge in [0, 0.05) is 23.6 Å². The van der Waals surface area contributed by atoms with Crippen molar-refractivity contribution in [1.82, 2.24) is 10.3 Å². The topological polar surface area (TPSA) is 51.2 Å². The number of piperidine rings is 1. The van der Waals surface area contributed by atoms with E-state index in [-0.39, 0.29) is 5.78 Å². The average molecular weight is 298 g/mol. The van der Waals surface area contributed by atoms with Crippen molar-refractivity contribution in [3.05, 3.63) is 36.0 Å². The Bertz CT molecular complexity index is 663. The van der Waals surface area contributed by atoms with E-state index in [1.807, 2.05) is 24.3 Å². The number of hydrogen-bond acceptors (Lipinski definition) is 4. The highest BCUT2D eigenvalue weighted by Gasteiger charge is 2.17. The number of nitrogens with one attached hydrogen (secondary N) is 1. The number of carbonyl (C=O) groups is 1. The molecule has 1 aliphatic rings. The van der Waals surface area contributed by atoms with Crippen LogP contribution in [0.3, 0.4) is 0 Å². The van der Waals surface area contributed by atoms with Crippen LogP contribution < -0.4 is 10.1 Å². The number of fused-ring (bicyclic) bond motifs is 1. The number of pyridine rings is 1. The maximum Gasteiger partial charge on any atom is 0.163 e. The first-order chi connectivity index (χ1) is 10.8. The van der Waals surface area contributed by atoms with Crippen molar-refractivity contribution in [2.24, 2.45) is 5.92 Å². The van der Waals surface area contributed by atoms with Crippen LogP contribution >= 0.6 is 0 Å². The van der Waals surface area contributed by atoms with Crippen molar-refractivity contribution in [2.75, 3.05) is 20.2 Å². The molecule has 116 valence electrons. The number of ether oxygens (including phenoxy) is 1. The van der Waals surface area contributed by atoms with Crippen LogP contribution in [0.5, 0.6) is 5.75 Å². The third-order valence-electron chi connectivity index (χ3n) is 4.49. The molecule has 1 saturated heterocycles. The van der Waals surface area contributed by atoms with Gasteiger partial charge in [0.25, 0.3) is 0 Å². The number of benzene rings is 1. The highest BCUT2D eigenvalue weighted by Crippen LogP contribution is 2.25. The van der Waals surface area contributed by atoms with Gasteiger partial charge in [-0.25, -0.2) is 0 Å². The Hall–Kier alpha value is -1.94. The summed E-state index contributed by atoms with van der Waals surface area (Å²) in [4.78, 5) is 17.0. The molecule has 1 aliphatic heterocycles. The lowest BCUT2D eigenvalue weighted by Gasteiger charge is -2.22. The molecule has 22 heavy (non-hydrogen) atoms. The monoisotopic (exact) mass is 298 g/mol.